The minimum absolute atomic E-state index is 0. The molecule has 0 atom stereocenters. The van der Waals surface area contributed by atoms with Crippen LogP contribution in [0.5, 0.6) is 0 Å². The summed E-state index contributed by atoms with van der Waals surface area (Å²) in [6.07, 6.45) is 1.28. The molecule has 1 fully saturated rings. The van der Waals surface area contributed by atoms with Crippen LogP contribution in [-0.4, -0.2) is 22.7 Å². The molecule has 4 aromatic rings. The molecular weight excluding hydrogens is 513 g/mol. The van der Waals surface area contributed by atoms with Crippen LogP contribution in [0, 0.1) is 13.5 Å². The number of fused-ring (bicyclic) bond motifs is 3. The molecule has 0 unspecified atom stereocenters. The van der Waals surface area contributed by atoms with Crippen molar-refractivity contribution in [1.82, 2.24) is 4.57 Å². The van der Waals surface area contributed by atoms with Crippen LogP contribution in [0.2, 0.25) is 6.32 Å². The Hall–Kier alpha value is -1.48. The van der Waals surface area contributed by atoms with Gasteiger partial charge in [0.25, 0.3) is 0 Å². The SMILES string of the molecule is [CH3-].[Ir].[c-]1ccc(-n2c3ccccc3c3ccccc32)cc1B1CCSC1. The van der Waals surface area contributed by atoms with Crippen molar-refractivity contribution in [3.63, 3.8) is 0 Å². The Kier molecular flexibility index (Phi) is 5.97. The number of thioether (sulfide) groups is 1. The Balaban J connectivity index is 0.000000980. The monoisotopic (exact) mass is 534 g/mol. The number of nitrogens with zero attached hydrogens (tertiary/aromatic N) is 1. The number of hydrogen-bond donors (Lipinski definition) is 0. The van der Waals surface area contributed by atoms with E-state index < -0.39 is 0 Å². The summed E-state index contributed by atoms with van der Waals surface area (Å²) in [7, 11) is 0. The maximum Gasteiger partial charge on any atom is 0.159 e. The van der Waals surface area contributed by atoms with Gasteiger partial charge in [0.15, 0.2) is 6.71 Å². The fourth-order valence-corrected chi connectivity index (χ4v) is 5.08. The molecule has 1 saturated heterocycles. The van der Waals surface area contributed by atoms with Gasteiger partial charge in [0.1, 0.15) is 0 Å². The van der Waals surface area contributed by atoms with Crippen molar-refractivity contribution >= 4 is 45.7 Å². The molecule has 26 heavy (non-hydrogen) atoms. The van der Waals surface area contributed by atoms with E-state index in [0.29, 0.717) is 6.71 Å². The molecule has 1 radical (unpaired) electrons. The van der Waals surface area contributed by atoms with Gasteiger partial charge in [-0.15, -0.1) is 6.07 Å². The summed E-state index contributed by atoms with van der Waals surface area (Å²) in [6.45, 7) is 0.656. The van der Waals surface area contributed by atoms with Crippen LogP contribution in [0.3, 0.4) is 0 Å². The third-order valence-electron chi connectivity index (χ3n) is 5.02. The summed E-state index contributed by atoms with van der Waals surface area (Å²) < 4.78 is 2.39. The smallest absolute Gasteiger partial charge is 0.159 e. The third-order valence-corrected chi connectivity index (χ3v) is 6.18. The molecule has 5 rings (SSSR count). The van der Waals surface area contributed by atoms with E-state index in [9.17, 15) is 0 Å². The van der Waals surface area contributed by atoms with Gasteiger partial charge in [0.05, 0.1) is 11.0 Å². The van der Waals surface area contributed by atoms with E-state index in [0.717, 1.165) is 0 Å². The third kappa shape index (κ3) is 3.15. The van der Waals surface area contributed by atoms with Gasteiger partial charge in [-0.1, -0.05) is 48.4 Å². The number of benzene rings is 3. The zero-order valence-corrected chi connectivity index (χ0v) is 17.9. The van der Waals surface area contributed by atoms with Crippen LogP contribution < -0.4 is 5.46 Å². The minimum Gasteiger partial charge on any atom is -0.358 e. The van der Waals surface area contributed by atoms with E-state index in [-0.39, 0.29) is 27.5 Å². The quantitative estimate of drug-likeness (QED) is 0.259. The predicted octanol–water partition coefficient (Wildman–Crippen LogP) is 5.02. The minimum atomic E-state index is 0. The predicted molar refractivity (Wildman–Crippen MR) is 114 cm³/mol. The van der Waals surface area contributed by atoms with E-state index in [2.05, 4.69) is 89.1 Å². The first-order chi connectivity index (χ1) is 11.9. The Morgan fingerprint density at radius 3 is 2.19 bits per heavy atom. The van der Waals surface area contributed by atoms with Gasteiger partial charge >= 0.3 is 0 Å². The fraction of sp³-hybridized carbons (Fsp3) is 0.136. The molecule has 0 spiro atoms. The molecular formula is C22H20BIrNS-2. The average Bonchev–Trinajstić information content (AvgIpc) is 3.28. The molecule has 1 aliphatic heterocycles. The van der Waals surface area contributed by atoms with Crippen molar-refractivity contribution in [2.24, 2.45) is 0 Å². The molecule has 0 N–H and O–H groups in total. The zero-order chi connectivity index (χ0) is 15.9. The topological polar surface area (TPSA) is 4.93 Å². The molecule has 0 amide bonds. The summed E-state index contributed by atoms with van der Waals surface area (Å²) in [5.41, 5.74) is 6.39. The fourth-order valence-electron chi connectivity index (χ4n) is 3.83. The Labute approximate surface area is 173 Å². The number of hydrogen-bond acceptors (Lipinski definition) is 1. The average molecular weight is 534 g/mol. The molecule has 3 aromatic carbocycles. The summed E-state index contributed by atoms with van der Waals surface area (Å²) in [5, 5.41) is 2.64. The van der Waals surface area contributed by atoms with Gasteiger partial charge in [-0.2, -0.15) is 35.4 Å². The Bertz CT molecular complexity index is 983. The molecule has 0 bridgehead atoms. The molecule has 133 valence electrons. The normalized spacial score (nSPS) is 13.6. The number of rotatable bonds is 2. The van der Waals surface area contributed by atoms with Crippen molar-refractivity contribution < 1.29 is 20.1 Å². The summed E-state index contributed by atoms with van der Waals surface area (Å²) in [4.78, 5) is 0. The van der Waals surface area contributed by atoms with Crippen molar-refractivity contribution in [3.05, 3.63) is 80.2 Å². The first-order valence-corrected chi connectivity index (χ1v) is 9.65. The second kappa shape index (κ2) is 8.04. The second-order valence-electron chi connectivity index (χ2n) is 6.43. The zero-order valence-electron chi connectivity index (χ0n) is 14.7. The first kappa shape index (κ1) is 19.3. The largest absolute Gasteiger partial charge is 0.358 e. The van der Waals surface area contributed by atoms with E-state index in [1.54, 1.807) is 0 Å². The maximum atomic E-state index is 3.48. The molecule has 0 aliphatic carbocycles. The van der Waals surface area contributed by atoms with Crippen molar-refractivity contribution in [2.75, 3.05) is 11.4 Å². The van der Waals surface area contributed by atoms with Crippen molar-refractivity contribution in [1.29, 1.82) is 0 Å². The standard InChI is InChI=1S/C21H17BNS.CH3.Ir/c1-3-10-20-18(8-1)19-9-2-4-11-21(19)23(20)17-7-5-6-16(14-17)22-12-13-24-15-22;;/h1-5,7-11,14H,12-13,15H2;1H3;/q2*-1;. The molecule has 1 nitrogen and oxygen atoms in total. The van der Waals surface area contributed by atoms with Crippen molar-refractivity contribution in [2.45, 2.75) is 6.32 Å². The van der Waals surface area contributed by atoms with E-state index in [1.807, 2.05) is 0 Å². The van der Waals surface area contributed by atoms with E-state index >= 15 is 0 Å². The molecule has 1 aliphatic rings. The van der Waals surface area contributed by atoms with Gasteiger partial charge in [0.2, 0.25) is 0 Å². The Morgan fingerprint density at radius 2 is 1.58 bits per heavy atom. The Morgan fingerprint density at radius 1 is 0.923 bits per heavy atom. The molecule has 0 saturated carbocycles. The summed E-state index contributed by atoms with van der Waals surface area (Å²) in [6, 6.07) is 27.5. The van der Waals surface area contributed by atoms with Crippen LogP contribution in [0.4, 0.5) is 0 Å². The van der Waals surface area contributed by atoms with Crippen LogP contribution >= 0.6 is 11.8 Å². The van der Waals surface area contributed by atoms with E-state index in [1.165, 1.54) is 50.7 Å². The van der Waals surface area contributed by atoms with Gasteiger partial charge in [-0.25, -0.2) is 0 Å². The van der Waals surface area contributed by atoms with Gasteiger partial charge in [-0.05, 0) is 23.5 Å². The van der Waals surface area contributed by atoms with Gasteiger partial charge < -0.3 is 12.0 Å². The van der Waals surface area contributed by atoms with Crippen LogP contribution in [0.1, 0.15) is 0 Å². The molecule has 4 heteroatoms. The maximum absolute atomic E-state index is 3.48. The molecule has 2 heterocycles. The van der Waals surface area contributed by atoms with Gasteiger partial charge in [0, 0.05) is 30.9 Å². The van der Waals surface area contributed by atoms with Crippen LogP contribution in [-0.2, 0) is 20.1 Å². The molecule has 1 aromatic heterocycles. The number of aromatic nitrogens is 1. The second-order valence-corrected chi connectivity index (χ2v) is 7.58. The van der Waals surface area contributed by atoms with Crippen LogP contribution in [0.25, 0.3) is 27.5 Å². The number of para-hydroxylation sites is 2. The van der Waals surface area contributed by atoms with Gasteiger partial charge in [-0.3, -0.25) is 0 Å². The first-order valence-electron chi connectivity index (χ1n) is 8.50. The van der Waals surface area contributed by atoms with Crippen LogP contribution in [0.15, 0.2) is 66.7 Å². The van der Waals surface area contributed by atoms with E-state index in [4.69, 9.17) is 0 Å². The summed E-state index contributed by atoms with van der Waals surface area (Å²) >= 11 is 2.06. The summed E-state index contributed by atoms with van der Waals surface area (Å²) in [5.74, 6) is 1.28. The van der Waals surface area contributed by atoms with Crippen molar-refractivity contribution in [3.8, 4) is 5.69 Å².